The van der Waals surface area contributed by atoms with Crippen molar-refractivity contribution in [1.29, 1.82) is 0 Å². The number of ether oxygens (including phenoxy) is 1. The third-order valence-corrected chi connectivity index (χ3v) is 5.32. The zero-order valence-corrected chi connectivity index (χ0v) is 16.6. The molecular formula is C23H26N4O2. The van der Waals surface area contributed by atoms with E-state index in [1.54, 1.807) is 18.0 Å². The maximum Gasteiger partial charge on any atom is 0.255 e. The lowest BCUT2D eigenvalue weighted by Crippen LogP contribution is -2.26. The van der Waals surface area contributed by atoms with Crippen LogP contribution in [0.2, 0.25) is 0 Å². The molecule has 4 rings (SSSR count). The largest absolute Gasteiger partial charge is 0.497 e. The van der Waals surface area contributed by atoms with Crippen molar-refractivity contribution >= 4 is 5.91 Å². The van der Waals surface area contributed by atoms with Gasteiger partial charge >= 0.3 is 0 Å². The summed E-state index contributed by atoms with van der Waals surface area (Å²) in [5, 5.41) is 11.2. The molecule has 2 N–H and O–H groups in total. The Kier molecular flexibility index (Phi) is 5.91. The Morgan fingerprint density at radius 3 is 2.86 bits per heavy atom. The van der Waals surface area contributed by atoms with Crippen LogP contribution in [-0.2, 0) is 0 Å². The van der Waals surface area contributed by atoms with Crippen LogP contribution >= 0.6 is 0 Å². The summed E-state index contributed by atoms with van der Waals surface area (Å²) in [6.07, 6.45) is 3.97. The molecule has 1 atom stereocenters. The molecule has 1 saturated heterocycles. The summed E-state index contributed by atoms with van der Waals surface area (Å²) < 4.78 is 7.10. The topological polar surface area (TPSA) is 68.2 Å². The van der Waals surface area contributed by atoms with Gasteiger partial charge in [0.1, 0.15) is 11.4 Å². The normalized spacial score (nSPS) is 16.0. The van der Waals surface area contributed by atoms with Crippen LogP contribution in [0, 0.1) is 5.92 Å². The maximum absolute atomic E-state index is 13.0. The van der Waals surface area contributed by atoms with E-state index >= 15 is 0 Å². The van der Waals surface area contributed by atoms with Gasteiger partial charge in [0.25, 0.3) is 5.91 Å². The van der Waals surface area contributed by atoms with Crippen molar-refractivity contribution in [3.05, 3.63) is 66.4 Å². The number of rotatable bonds is 7. The smallest absolute Gasteiger partial charge is 0.255 e. The maximum atomic E-state index is 13.0. The second kappa shape index (κ2) is 8.92. The molecule has 1 fully saturated rings. The van der Waals surface area contributed by atoms with Gasteiger partial charge in [-0.25, -0.2) is 4.68 Å². The molecule has 1 amide bonds. The van der Waals surface area contributed by atoms with Crippen molar-refractivity contribution < 1.29 is 9.53 Å². The van der Waals surface area contributed by atoms with Crippen molar-refractivity contribution in [3.63, 3.8) is 0 Å². The highest BCUT2D eigenvalue weighted by Gasteiger charge is 2.20. The van der Waals surface area contributed by atoms with Gasteiger partial charge in [0, 0.05) is 18.3 Å². The van der Waals surface area contributed by atoms with Crippen molar-refractivity contribution in [2.45, 2.75) is 12.8 Å². The minimum atomic E-state index is -0.101. The fourth-order valence-electron chi connectivity index (χ4n) is 3.68. The van der Waals surface area contributed by atoms with Crippen molar-refractivity contribution in [3.8, 4) is 22.7 Å². The van der Waals surface area contributed by atoms with E-state index < -0.39 is 0 Å². The number of para-hydroxylation sites is 1. The van der Waals surface area contributed by atoms with Crippen LogP contribution in [0.4, 0.5) is 0 Å². The van der Waals surface area contributed by atoms with Crippen molar-refractivity contribution in [2.75, 3.05) is 26.7 Å². The Balaban J connectivity index is 1.61. The molecule has 3 aromatic rings. The first-order valence-corrected chi connectivity index (χ1v) is 10.0. The van der Waals surface area contributed by atoms with E-state index in [4.69, 9.17) is 9.84 Å². The van der Waals surface area contributed by atoms with Crippen LogP contribution in [0.15, 0.2) is 60.8 Å². The number of benzene rings is 2. The molecule has 1 aliphatic rings. The Labute approximate surface area is 170 Å². The molecule has 150 valence electrons. The molecule has 0 spiro atoms. The number of aromatic nitrogens is 2. The number of nitrogens with zero attached hydrogens (tertiary/aromatic N) is 2. The SMILES string of the molecule is COc1cccc(-c2nn(-c3ccccc3)cc2C(=O)NCCC2CCNC2)c1. The number of hydrogen-bond acceptors (Lipinski definition) is 4. The summed E-state index contributed by atoms with van der Waals surface area (Å²) in [5.74, 6) is 1.27. The molecular weight excluding hydrogens is 364 g/mol. The summed E-state index contributed by atoms with van der Waals surface area (Å²) in [6.45, 7) is 2.78. The lowest BCUT2D eigenvalue weighted by atomic mass is 10.0. The monoisotopic (exact) mass is 390 g/mol. The molecule has 29 heavy (non-hydrogen) atoms. The highest BCUT2D eigenvalue weighted by molar-refractivity contribution is 6.00. The van der Waals surface area contributed by atoms with Gasteiger partial charge < -0.3 is 15.4 Å². The van der Waals surface area contributed by atoms with Gasteiger partial charge in [-0.05, 0) is 56.1 Å². The van der Waals surface area contributed by atoms with E-state index in [1.807, 2.05) is 54.6 Å². The Bertz CT molecular complexity index is 962. The molecule has 2 aromatic carbocycles. The molecule has 2 heterocycles. The lowest BCUT2D eigenvalue weighted by molar-refractivity contribution is 0.0952. The summed E-state index contributed by atoms with van der Waals surface area (Å²) in [6, 6.07) is 17.4. The summed E-state index contributed by atoms with van der Waals surface area (Å²) >= 11 is 0. The minimum Gasteiger partial charge on any atom is -0.497 e. The number of methoxy groups -OCH3 is 1. The van der Waals surface area contributed by atoms with Gasteiger partial charge in [-0.15, -0.1) is 0 Å². The van der Waals surface area contributed by atoms with Crippen LogP contribution in [-0.4, -0.2) is 42.4 Å². The minimum absolute atomic E-state index is 0.101. The summed E-state index contributed by atoms with van der Waals surface area (Å²) in [7, 11) is 1.63. The first kappa shape index (κ1) is 19.2. The van der Waals surface area contributed by atoms with Crippen molar-refractivity contribution in [1.82, 2.24) is 20.4 Å². The second-order valence-electron chi connectivity index (χ2n) is 7.31. The lowest BCUT2D eigenvalue weighted by Gasteiger charge is -2.09. The highest BCUT2D eigenvalue weighted by Crippen LogP contribution is 2.27. The molecule has 1 aliphatic heterocycles. The van der Waals surface area contributed by atoms with Crippen molar-refractivity contribution in [2.24, 2.45) is 5.92 Å². The molecule has 6 nitrogen and oxygen atoms in total. The molecule has 0 bridgehead atoms. The molecule has 6 heteroatoms. The first-order chi connectivity index (χ1) is 14.2. The second-order valence-corrected chi connectivity index (χ2v) is 7.31. The predicted molar refractivity (Wildman–Crippen MR) is 113 cm³/mol. The van der Waals surface area contributed by atoms with E-state index in [1.165, 1.54) is 6.42 Å². The molecule has 0 saturated carbocycles. The zero-order chi connectivity index (χ0) is 20.1. The Hall–Kier alpha value is -3.12. The fourth-order valence-corrected chi connectivity index (χ4v) is 3.68. The van der Waals surface area contributed by atoms with Gasteiger partial charge in [0.05, 0.1) is 18.4 Å². The van der Waals surface area contributed by atoms with Gasteiger partial charge in [0.15, 0.2) is 0 Å². The number of carbonyl (C=O) groups is 1. The Morgan fingerprint density at radius 1 is 1.24 bits per heavy atom. The van der Waals surface area contributed by atoms with Gasteiger partial charge in [-0.1, -0.05) is 30.3 Å². The van der Waals surface area contributed by atoms with E-state index in [0.29, 0.717) is 23.7 Å². The third kappa shape index (κ3) is 4.49. The molecule has 0 aliphatic carbocycles. The van der Waals surface area contributed by atoms with E-state index in [0.717, 1.165) is 36.5 Å². The standard InChI is InChI=1S/C23H26N4O2/c1-29-20-9-5-6-18(14-20)22-21(16-27(26-22)19-7-3-2-4-8-19)23(28)25-13-11-17-10-12-24-15-17/h2-9,14,16-17,24H,10-13,15H2,1H3,(H,25,28). The average molecular weight is 390 g/mol. The van der Waals surface area contributed by atoms with E-state index in [-0.39, 0.29) is 5.91 Å². The van der Waals surface area contributed by atoms with Crippen LogP contribution < -0.4 is 15.4 Å². The van der Waals surface area contributed by atoms with Crippen LogP contribution in [0.1, 0.15) is 23.2 Å². The third-order valence-electron chi connectivity index (χ3n) is 5.32. The summed E-state index contributed by atoms with van der Waals surface area (Å²) in [4.78, 5) is 13.0. The quantitative estimate of drug-likeness (QED) is 0.650. The number of amides is 1. The van der Waals surface area contributed by atoms with Gasteiger partial charge in [-0.3, -0.25) is 4.79 Å². The highest BCUT2D eigenvalue weighted by atomic mass is 16.5. The number of hydrogen-bond donors (Lipinski definition) is 2. The van der Waals surface area contributed by atoms with Gasteiger partial charge in [0.2, 0.25) is 0 Å². The van der Waals surface area contributed by atoms with E-state index in [2.05, 4.69) is 10.6 Å². The predicted octanol–water partition coefficient (Wildman–Crippen LogP) is 3.28. The Morgan fingerprint density at radius 2 is 2.10 bits per heavy atom. The molecule has 1 unspecified atom stereocenters. The average Bonchev–Trinajstić information content (AvgIpc) is 3.44. The van der Waals surface area contributed by atoms with Gasteiger partial charge in [-0.2, -0.15) is 5.10 Å². The number of nitrogens with one attached hydrogen (secondary N) is 2. The fraction of sp³-hybridized carbons (Fsp3) is 0.304. The van der Waals surface area contributed by atoms with Crippen LogP contribution in [0.5, 0.6) is 5.75 Å². The summed E-state index contributed by atoms with van der Waals surface area (Å²) in [5.41, 5.74) is 2.97. The zero-order valence-electron chi connectivity index (χ0n) is 16.6. The number of carbonyl (C=O) groups excluding carboxylic acids is 1. The van der Waals surface area contributed by atoms with Crippen LogP contribution in [0.3, 0.4) is 0 Å². The first-order valence-electron chi connectivity index (χ1n) is 10.0. The molecule has 0 radical (unpaired) electrons. The van der Waals surface area contributed by atoms with Crippen LogP contribution in [0.25, 0.3) is 16.9 Å². The molecule has 1 aromatic heterocycles. The van der Waals surface area contributed by atoms with E-state index in [9.17, 15) is 4.79 Å².